The third kappa shape index (κ3) is 7.28. The van der Waals surface area contributed by atoms with Gasteiger partial charge < -0.3 is 14.8 Å². The van der Waals surface area contributed by atoms with Crippen LogP contribution < -0.4 is 20.2 Å². The molecule has 0 saturated heterocycles. The highest BCUT2D eigenvalue weighted by Crippen LogP contribution is 2.34. The van der Waals surface area contributed by atoms with E-state index in [1.807, 2.05) is 36.4 Å². The van der Waals surface area contributed by atoms with Gasteiger partial charge in [-0.1, -0.05) is 42.5 Å². The van der Waals surface area contributed by atoms with Crippen molar-refractivity contribution >= 4 is 46.3 Å². The molecule has 0 bridgehead atoms. The van der Waals surface area contributed by atoms with Crippen LogP contribution in [-0.4, -0.2) is 25.1 Å². The molecule has 9 heteroatoms. The molecule has 0 fully saturated rings. The first kappa shape index (κ1) is 24.2. The van der Waals surface area contributed by atoms with E-state index in [1.165, 1.54) is 31.5 Å². The van der Waals surface area contributed by atoms with E-state index >= 15 is 0 Å². The summed E-state index contributed by atoms with van der Waals surface area (Å²) in [6.07, 6.45) is 0.928. The highest BCUT2D eigenvalue weighted by atomic mass is 127. The number of benzene rings is 3. The number of para-hydroxylation sites is 1. The van der Waals surface area contributed by atoms with Crippen LogP contribution in [0.15, 0.2) is 71.8 Å². The Kier molecular flexibility index (Phi) is 8.76. The van der Waals surface area contributed by atoms with Crippen LogP contribution >= 0.6 is 22.6 Å². The molecule has 7 nitrogen and oxygen atoms in total. The van der Waals surface area contributed by atoms with E-state index in [9.17, 15) is 14.0 Å². The zero-order chi connectivity index (χ0) is 23.6. The summed E-state index contributed by atoms with van der Waals surface area (Å²) in [6, 6.07) is 19.0. The number of carbonyl (C=O) groups excluding carboxylic acids is 2. The molecule has 2 N–H and O–H groups in total. The van der Waals surface area contributed by atoms with Crippen LogP contribution in [0.3, 0.4) is 0 Å². The molecule has 2 amide bonds. The standard InChI is InChI=1S/C24H21FIN3O4/c1-32-21-12-17(11-19(26)24(21)33-15-16-7-3-2-4-8-16)14-27-29-23(31)13-22(30)28-20-10-6-5-9-18(20)25/h2-12,14H,13,15H2,1H3,(H,28,30)(H,29,31). The summed E-state index contributed by atoms with van der Waals surface area (Å²) in [5, 5.41) is 6.22. The fraction of sp³-hybridized carbons (Fsp3) is 0.125. The van der Waals surface area contributed by atoms with Gasteiger partial charge in [0.25, 0.3) is 0 Å². The van der Waals surface area contributed by atoms with E-state index in [-0.39, 0.29) is 5.69 Å². The zero-order valence-electron chi connectivity index (χ0n) is 17.7. The summed E-state index contributed by atoms with van der Waals surface area (Å²) in [5.41, 5.74) is 3.99. The third-order valence-corrected chi connectivity index (χ3v) is 5.15. The first-order valence-corrected chi connectivity index (χ1v) is 10.9. The summed E-state index contributed by atoms with van der Waals surface area (Å²) in [4.78, 5) is 23.9. The molecule has 0 aliphatic rings. The van der Waals surface area contributed by atoms with Gasteiger partial charge in [0, 0.05) is 0 Å². The van der Waals surface area contributed by atoms with Crippen molar-refractivity contribution in [2.24, 2.45) is 5.10 Å². The Labute approximate surface area is 204 Å². The molecule has 3 aromatic carbocycles. The molecule has 0 aliphatic carbocycles. The molecular weight excluding hydrogens is 540 g/mol. The van der Waals surface area contributed by atoms with Crippen molar-refractivity contribution in [1.29, 1.82) is 0 Å². The van der Waals surface area contributed by atoms with Crippen molar-refractivity contribution in [2.45, 2.75) is 13.0 Å². The average molecular weight is 561 g/mol. The minimum Gasteiger partial charge on any atom is -0.493 e. The van der Waals surface area contributed by atoms with E-state index in [0.29, 0.717) is 23.7 Å². The van der Waals surface area contributed by atoms with Crippen LogP contribution in [0.5, 0.6) is 11.5 Å². The van der Waals surface area contributed by atoms with Gasteiger partial charge in [0.15, 0.2) is 11.5 Å². The highest BCUT2D eigenvalue weighted by molar-refractivity contribution is 14.1. The number of methoxy groups -OCH3 is 1. The molecule has 170 valence electrons. The fourth-order valence-electron chi connectivity index (χ4n) is 2.81. The predicted molar refractivity (Wildman–Crippen MR) is 132 cm³/mol. The maximum atomic E-state index is 13.6. The van der Waals surface area contributed by atoms with Crippen LogP contribution in [0.25, 0.3) is 0 Å². The van der Waals surface area contributed by atoms with Crippen LogP contribution in [-0.2, 0) is 16.2 Å². The Morgan fingerprint density at radius 2 is 1.79 bits per heavy atom. The lowest BCUT2D eigenvalue weighted by Gasteiger charge is -2.13. The number of rotatable bonds is 9. The Hall–Kier alpha value is -3.47. The van der Waals surface area contributed by atoms with Crippen molar-refractivity contribution in [3.63, 3.8) is 0 Å². The number of nitrogens with one attached hydrogen (secondary N) is 2. The van der Waals surface area contributed by atoms with Crippen molar-refractivity contribution in [3.05, 3.63) is 87.2 Å². The van der Waals surface area contributed by atoms with Gasteiger partial charge in [-0.2, -0.15) is 5.10 Å². The number of hydrazone groups is 1. The summed E-state index contributed by atoms with van der Waals surface area (Å²) in [7, 11) is 1.54. The second-order valence-corrected chi connectivity index (χ2v) is 7.97. The van der Waals surface area contributed by atoms with Gasteiger partial charge in [-0.25, -0.2) is 9.82 Å². The molecular formula is C24H21FIN3O4. The second kappa shape index (κ2) is 12.0. The summed E-state index contributed by atoms with van der Waals surface area (Å²) in [5.74, 6) is -0.736. The second-order valence-electron chi connectivity index (χ2n) is 6.81. The Morgan fingerprint density at radius 3 is 2.52 bits per heavy atom. The molecule has 0 aromatic heterocycles. The van der Waals surface area contributed by atoms with Gasteiger partial charge in [0.1, 0.15) is 18.8 Å². The molecule has 3 aromatic rings. The number of hydrogen-bond donors (Lipinski definition) is 2. The van der Waals surface area contributed by atoms with Crippen molar-refractivity contribution < 1.29 is 23.5 Å². The predicted octanol–water partition coefficient (Wildman–Crippen LogP) is 4.50. The Morgan fingerprint density at radius 1 is 1.06 bits per heavy atom. The molecule has 0 spiro atoms. The molecule has 0 atom stereocenters. The van der Waals surface area contributed by atoms with Gasteiger partial charge >= 0.3 is 0 Å². The van der Waals surface area contributed by atoms with E-state index in [0.717, 1.165) is 9.13 Å². The minimum absolute atomic E-state index is 0.00930. The highest BCUT2D eigenvalue weighted by Gasteiger charge is 2.13. The summed E-state index contributed by atoms with van der Waals surface area (Å²) < 4.78 is 25.7. The lowest BCUT2D eigenvalue weighted by atomic mass is 10.2. The molecule has 0 aliphatic heterocycles. The van der Waals surface area contributed by atoms with Gasteiger partial charge in [-0.3, -0.25) is 9.59 Å². The topological polar surface area (TPSA) is 89.0 Å². The molecule has 3 rings (SSSR count). The molecule has 33 heavy (non-hydrogen) atoms. The quantitative estimate of drug-likeness (QED) is 0.174. The van der Waals surface area contributed by atoms with Gasteiger partial charge in [-0.05, 0) is 58.0 Å². The molecule has 0 unspecified atom stereocenters. The number of carbonyl (C=O) groups is 2. The lowest BCUT2D eigenvalue weighted by Crippen LogP contribution is -2.24. The minimum atomic E-state index is -0.649. The van der Waals surface area contributed by atoms with Crippen molar-refractivity contribution in [3.8, 4) is 11.5 Å². The monoisotopic (exact) mass is 561 g/mol. The number of halogens is 2. The first-order valence-electron chi connectivity index (χ1n) is 9.87. The van der Waals surface area contributed by atoms with Gasteiger partial charge in [0.05, 0.1) is 22.6 Å². The number of hydrogen-bond acceptors (Lipinski definition) is 5. The number of amides is 2. The summed E-state index contributed by atoms with van der Waals surface area (Å²) in [6.45, 7) is 0.394. The van der Waals surface area contributed by atoms with E-state index in [1.54, 1.807) is 12.1 Å². The summed E-state index contributed by atoms with van der Waals surface area (Å²) >= 11 is 2.13. The third-order valence-electron chi connectivity index (χ3n) is 4.35. The van der Waals surface area contributed by atoms with E-state index in [2.05, 4.69) is 38.4 Å². The van der Waals surface area contributed by atoms with Crippen LogP contribution in [0.2, 0.25) is 0 Å². The average Bonchev–Trinajstić information content (AvgIpc) is 2.80. The van der Waals surface area contributed by atoms with E-state index < -0.39 is 24.1 Å². The van der Waals surface area contributed by atoms with Crippen LogP contribution in [0, 0.1) is 9.39 Å². The molecule has 0 radical (unpaired) electrons. The first-order chi connectivity index (χ1) is 16.0. The smallest absolute Gasteiger partial charge is 0.249 e. The lowest BCUT2D eigenvalue weighted by molar-refractivity contribution is -0.126. The van der Waals surface area contributed by atoms with Crippen molar-refractivity contribution in [1.82, 2.24) is 5.43 Å². The van der Waals surface area contributed by atoms with E-state index in [4.69, 9.17) is 9.47 Å². The largest absolute Gasteiger partial charge is 0.493 e. The molecule has 0 heterocycles. The number of ether oxygens (including phenoxy) is 2. The fourth-order valence-corrected chi connectivity index (χ4v) is 3.59. The van der Waals surface area contributed by atoms with Crippen LogP contribution in [0.4, 0.5) is 10.1 Å². The SMILES string of the molecule is COc1cc(C=NNC(=O)CC(=O)Nc2ccccc2F)cc(I)c1OCc1ccccc1. The Balaban J connectivity index is 1.56. The maximum Gasteiger partial charge on any atom is 0.249 e. The maximum absolute atomic E-state index is 13.6. The van der Waals surface area contributed by atoms with Crippen LogP contribution in [0.1, 0.15) is 17.5 Å². The van der Waals surface area contributed by atoms with Gasteiger partial charge in [0.2, 0.25) is 11.8 Å². The number of nitrogens with zero attached hydrogens (tertiary/aromatic N) is 1. The normalized spacial score (nSPS) is 10.6. The Bertz CT molecular complexity index is 1160. The number of anilines is 1. The molecule has 0 saturated carbocycles. The van der Waals surface area contributed by atoms with Crippen molar-refractivity contribution in [2.75, 3.05) is 12.4 Å². The van der Waals surface area contributed by atoms with Gasteiger partial charge in [-0.15, -0.1) is 0 Å². The zero-order valence-corrected chi connectivity index (χ0v) is 19.8.